The highest BCUT2D eigenvalue weighted by Gasteiger charge is 2.30. The molecule has 0 saturated carbocycles. The third kappa shape index (κ3) is 4.55. The number of rotatable bonds is 6. The van der Waals surface area contributed by atoms with Gasteiger partial charge in [-0.25, -0.2) is 4.79 Å². The molecule has 0 radical (unpaired) electrons. The van der Waals surface area contributed by atoms with Gasteiger partial charge in [-0.2, -0.15) is 11.8 Å². The second-order valence-electron chi connectivity index (χ2n) is 4.26. The molecule has 0 bridgehead atoms. The third-order valence-electron chi connectivity index (χ3n) is 2.79. The Hall–Kier alpha value is -0.750. The maximum absolute atomic E-state index is 11.8. The van der Waals surface area contributed by atoms with Crippen molar-refractivity contribution in [2.75, 3.05) is 18.6 Å². The molecule has 2 unspecified atom stereocenters. The first-order chi connectivity index (χ1) is 8.04. The molecule has 0 aliphatic carbocycles. The Bertz CT molecular complexity index is 285. The molecular weight excluding hydrogens is 242 g/mol. The Labute approximate surface area is 105 Å². The predicted octanol–water partition coefficient (Wildman–Crippen LogP) is 0.734. The summed E-state index contributed by atoms with van der Waals surface area (Å²) in [6.07, 6.45) is 3.11. The molecule has 0 aromatic heterocycles. The highest BCUT2D eigenvalue weighted by atomic mass is 32.2. The summed E-state index contributed by atoms with van der Waals surface area (Å²) >= 11 is 1.57. The van der Waals surface area contributed by atoms with Crippen molar-refractivity contribution in [2.45, 2.75) is 31.9 Å². The number of hydrogen-bond donors (Lipinski definition) is 2. The van der Waals surface area contributed by atoms with Gasteiger partial charge in [0.05, 0.1) is 18.6 Å². The summed E-state index contributed by atoms with van der Waals surface area (Å²) in [5.74, 6) is -0.669. The van der Waals surface area contributed by atoms with Crippen molar-refractivity contribution in [1.82, 2.24) is 5.32 Å². The predicted molar refractivity (Wildman–Crippen MR) is 66.1 cm³/mol. The van der Waals surface area contributed by atoms with Gasteiger partial charge in [-0.05, 0) is 31.8 Å². The van der Waals surface area contributed by atoms with Crippen LogP contribution in [0.3, 0.4) is 0 Å². The lowest BCUT2D eigenvalue weighted by Gasteiger charge is -2.16. The first kappa shape index (κ1) is 14.3. The zero-order valence-corrected chi connectivity index (χ0v) is 11.0. The summed E-state index contributed by atoms with van der Waals surface area (Å²) in [4.78, 5) is 22.8. The van der Waals surface area contributed by atoms with Crippen LogP contribution < -0.4 is 5.32 Å². The Kier molecular flexibility index (Phi) is 5.77. The van der Waals surface area contributed by atoms with Crippen molar-refractivity contribution in [2.24, 2.45) is 5.92 Å². The van der Waals surface area contributed by atoms with Gasteiger partial charge in [0.15, 0.2) is 0 Å². The molecule has 1 amide bonds. The van der Waals surface area contributed by atoms with Gasteiger partial charge in [0, 0.05) is 0 Å². The minimum atomic E-state index is -0.973. The topological polar surface area (TPSA) is 75.6 Å². The minimum absolute atomic E-state index is 0.0835. The van der Waals surface area contributed by atoms with Crippen molar-refractivity contribution < 1.29 is 19.4 Å². The Morgan fingerprint density at radius 1 is 1.59 bits per heavy atom. The molecule has 0 spiro atoms. The van der Waals surface area contributed by atoms with Gasteiger partial charge in [-0.15, -0.1) is 0 Å². The SMILES string of the molecule is CSCC[C@@H](NC(=O)C1COC(C)C1)C(=O)O. The van der Waals surface area contributed by atoms with Crippen LogP contribution in [0, 0.1) is 5.92 Å². The second kappa shape index (κ2) is 6.86. The fraction of sp³-hybridized carbons (Fsp3) is 0.818. The molecule has 2 N–H and O–H groups in total. The highest BCUT2D eigenvalue weighted by molar-refractivity contribution is 7.98. The van der Waals surface area contributed by atoms with Crippen molar-refractivity contribution in [3.63, 3.8) is 0 Å². The van der Waals surface area contributed by atoms with Gasteiger partial charge >= 0.3 is 5.97 Å². The lowest BCUT2D eigenvalue weighted by Crippen LogP contribution is -2.44. The number of ether oxygens (including phenoxy) is 1. The number of hydrogen-bond acceptors (Lipinski definition) is 4. The standard InChI is InChI=1S/C11H19NO4S/c1-7-5-8(6-16-7)10(13)12-9(11(14)15)3-4-17-2/h7-9H,3-6H2,1-2H3,(H,12,13)(H,14,15)/t7?,8?,9-/m1/s1. The van der Waals surface area contributed by atoms with Crippen LogP contribution in [-0.2, 0) is 14.3 Å². The molecule has 1 fully saturated rings. The molecule has 1 rings (SSSR count). The lowest BCUT2D eigenvalue weighted by atomic mass is 10.0. The molecule has 0 aromatic carbocycles. The van der Waals surface area contributed by atoms with Crippen molar-refractivity contribution >= 4 is 23.6 Å². The van der Waals surface area contributed by atoms with E-state index in [1.165, 1.54) is 0 Å². The maximum atomic E-state index is 11.8. The van der Waals surface area contributed by atoms with Gasteiger partial charge in [0.2, 0.25) is 5.91 Å². The molecule has 1 aliphatic rings. The van der Waals surface area contributed by atoms with Crippen LogP contribution in [0.4, 0.5) is 0 Å². The van der Waals surface area contributed by atoms with E-state index >= 15 is 0 Å². The number of amides is 1. The lowest BCUT2D eigenvalue weighted by molar-refractivity contribution is -0.142. The second-order valence-corrected chi connectivity index (χ2v) is 5.24. The molecular formula is C11H19NO4S. The summed E-state index contributed by atoms with van der Waals surface area (Å²) in [5.41, 5.74) is 0. The van der Waals surface area contributed by atoms with Gasteiger partial charge in [-0.3, -0.25) is 4.79 Å². The van der Waals surface area contributed by atoms with Gasteiger partial charge in [-0.1, -0.05) is 0 Å². The zero-order valence-electron chi connectivity index (χ0n) is 10.1. The number of carbonyl (C=O) groups excluding carboxylic acids is 1. The molecule has 5 nitrogen and oxygen atoms in total. The van der Waals surface area contributed by atoms with Crippen LogP contribution in [0.25, 0.3) is 0 Å². The highest BCUT2D eigenvalue weighted by Crippen LogP contribution is 2.19. The fourth-order valence-electron chi connectivity index (χ4n) is 1.78. The van der Waals surface area contributed by atoms with Crippen LogP contribution in [-0.4, -0.2) is 47.7 Å². The summed E-state index contributed by atoms with van der Waals surface area (Å²) in [7, 11) is 0. The molecule has 98 valence electrons. The molecule has 3 atom stereocenters. The maximum Gasteiger partial charge on any atom is 0.326 e. The largest absolute Gasteiger partial charge is 0.480 e. The van der Waals surface area contributed by atoms with Gasteiger partial charge < -0.3 is 15.2 Å². The van der Waals surface area contributed by atoms with E-state index in [-0.39, 0.29) is 17.9 Å². The van der Waals surface area contributed by atoms with E-state index in [0.717, 1.165) is 5.75 Å². The Morgan fingerprint density at radius 3 is 2.76 bits per heavy atom. The summed E-state index contributed by atoms with van der Waals surface area (Å²) in [6.45, 7) is 2.30. The Morgan fingerprint density at radius 2 is 2.29 bits per heavy atom. The van der Waals surface area contributed by atoms with Crippen LogP contribution in [0.1, 0.15) is 19.8 Å². The van der Waals surface area contributed by atoms with E-state index in [4.69, 9.17) is 9.84 Å². The van der Waals surface area contributed by atoms with Crippen molar-refractivity contribution in [1.29, 1.82) is 0 Å². The molecule has 0 aromatic rings. The molecule has 1 aliphatic heterocycles. The van der Waals surface area contributed by atoms with E-state index < -0.39 is 12.0 Å². The third-order valence-corrected chi connectivity index (χ3v) is 3.44. The number of carboxylic acid groups (broad SMARTS) is 1. The van der Waals surface area contributed by atoms with Crippen LogP contribution in [0.5, 0.6) is 0 Å². The number of nitrogens with one attached hydrogen (secondary N) is 1. The summed E-state index contributed by atoms with van der Waals surface area (Å²) in [6, 6.07) is -0.786. The Balaban J connectivity index is 2.43. The van der Waals surface area contributed by atoms with E-state index in [2.05, 4.69) is 5.32 Å². The quantitative estimate of drug-likeness (QED) is 0.737. The molecule has 1 heterocycles. The fourth-order valence-corrected chi connectivity index (χ4v) is 2.25. The number of carboxylic acids is 1. The molecule has 6 heteroatoms. The van der Waals surface area contributed by atoms with Crippen molar-refractivity contribution in [3.8, 4) is 0 Å². The molecule has 1 saturated heterocycles. The van der Waals surface area contributed by atoms with Crippen molar-refractivity contribution in [3.05, 3.63) is 0 Å². The number of carbonyl (C=O) groups is 2. The van der Waals surface area contributed by atoms with E-state index in [9.17, 15) is 9.59 Å². The number of aliphatic carboxylic acids is 1. The first-order valence-corrected chi connectivity index (χ1v) is 7.07. The smallest absolute Gasteiger partial charge is 0.326 e. The van der Waals surface area contributed by atoms with Gasteiger partial charge in [0.25, 0.3) is 0 Å². The van der Waals surface area contributed by atoms with Crippen LogP contribution in [0.2, 0.25) is 0 Å². The summed E-state index contributed by atoms with van der Waals surface area (Å²) < 4.78 is 5.30. The van der Waals surface area contributed by atoms with Gasteiger partial charge in [0.1, 0.15) is 6.04 Å². The number of thioether (sulfide) groups is 1. The summed E-state index contributed by atoms with van der Waals surface area (Å²) in [5, 5.41) is 11.6. The minimum Gasteiger partial charge on any atom is -0.480 e. The van der Waals surface area contributed by atoms with Crippen LogP contribution >= 0.6 is 11.8 Å². The first-order valence-electron chi connectivity index (χ1n) is 5.68. The monoisotopic (exact) mass is 261 g/mol. The average molecular weight is 261 g/mol. The van der Waals surface area contributed by atoms with E-state index in [0.29, 0.717) is 19.4 Å². The normalized spacial score (nSPS) is 25.5. The van der Waals surface area contributed by atoms with Crippen LogP contribution in [0.15, 0.2) is 0 Å². The average Bonchev–Trinajstić information content (AvgIpc) is 2.70. The van der Waals surface area contributed by atoms with E-state index in [1.807, 2.05) is 13.2 Å². The van der Waals surface area contributed by atoms with E-state index in [1.54, 1.807) is 11.8 Å². The molecule has 17 heavy (non-hydrogen) atoms. The zero-order chi connectivity index (χ0) is 12.8.